The molecule has 1 saturated heterocycles. The van der Waals surface area contributed by atoms with E-state index in [1.165, 1.54) is 57.0 Å². The normalized spacial score (nSPS) is 34.6. The van der Waals surface area contributed by atoms with Crippen LogP contribution < -0.4 is 0 Å². The van der Waals surface area contributed by atoms with Gasteiger partial charge in [-0.1, -0.05) is 50.3 Å². The molecule has 0 amide bonds. The van der Waals surface area contributed by atoms with Crippen molar-refractivity contribution in [3.63, 3.8) is 0 Å². The van der Waals surface area contributed by atoms with Gasteiger partial charge >= 0.3 is 5.97 Å². The molecule has 1 aliphatic carbocycles. The molecule has 1 N–H and O–H groups in total. The Labute approximate surface area is 125 Å². The van der Waals surface area contributed by atoms with E-state index in [1.54, 1.807) is 0 Å². The van der Waals surface area contributed by atoms with Gasteiger partial charge in [-0.25, -0.2) is 0 Å². The number of carboxylic acids is 1. The Balaban J connectivity index is 1.67. The van der Waals surface area contributed by atoms with Gasteiger partial charge in [0.1, 0.15) is 0 Å². The number of hydrogen-bond donors (Lipinski definition) is 1. The van der Waals surface area contributed by atoms with Crippen molar-refractivity contribution in [2.24, 2.45) is 11.8 Å². The van der Waals surface area contributed by atoms with Crippen LogP contribution in [0.4, 0.5) is 0 Å². The number of rotatable bonds is 6. The van der Waals surface area contributed by atoms with Crippen molar-refractivity contribution < 1.29 is 9.90 Å². The summed E-state index contributed by atoms with van der Waals surface area (Å²) in [6.07, 6.45) is 13.7. The molecule has 114 valence electrons. The smallest absolute Gasteiger partial charge is 0.306 e. The highest BCUT2D eigenvalue weighted by Crippen LogP contribution is 2.42. The van der Waals surface area contributed by atoms with Crippen molar-refractivity contribution in [2.45, 2.75) is 75.4 Å². The molecule has 0 aromatic rings. The van der Waals surface area contributed by atoms with Gasteiger partial charge in [0.2, 0.25) is 0 Å². The quantitative estimate of drug-likeness (QED) is 0.441. The minimum Gasteiger partial charge on any atom is -0.481 e. The maximum Gasteiger partial charge on any atom is 0.306 e. The van der Waals surface area contributed by atoms with E-state index in [0.29, 0.717) is 0 Å². The molecule has 0 radical (unpaired) electrons. The van der Waals surface area contributed by atoms with Gasteiger partial charge in [-0.05, 0) is 37.1 Å². The van der Waals surface area contributed by atoms with Gasteiger partial charge in [-0.3, -0.25) is 4.79 Å². The molecule has 1 aliphatic heterocycles. The van der Waals surface area contributed by atoms with Crippen molar-refractivity contribution in [1.82, 2.24) is 0 Å². The molecule has 2 rings (SSSR count). The van der Waals surface area contributed by atoms with Crippen molar-refractivity contribution >= 4 is 14.8 Å². The summed E-state index contributed by atoms with van der Waals surface area (Å²) < 4.78 is 0. The van der Waals surface area contributed by atoms with E-state index in [2.05, 4.69) is 6.58 Å². The van der Waals surface area contributed by atoms with E-state index >= 15 is 0 Å². The van der Waals surface area contributed by atoms with Gasteiger partial charge in [0, 0.05) is 8.80 Å². The van der Waals surface area contributed by atoms with Crippen LogP contribution in [0.2, 0.25) is 17.6 Å². The number of unbranched alkanes of at least 4 members (excludes halogenated alkanes) is 1. The molecule has 1 heterocycles. The molecule has 1 saturated carbocycles. The third kappa shape index (κ3) is 4.47. The molecule has 0 spiro atoms. The third-order valence-corrected chi connectivity index (χ3v) is 9.85. The van der Waals surface area contributed by atoms with Crippen LogP contribution in [0, 0.1) is 11.8 Å². The Morgan fingerprint density at radius 2 is 1.80 bits per heavy atom. The van der Waals surface area contributed by atoms with E-state index in [-0.39, 0.29) is 5.92 Å². The molecule has 2 nitrogen and oxygen atoms in total. The van der Waals surface area contributed by atoms with Crippen LogP contribution in [0.3, 0.4) is 0 Å². The highest BCUT2D eigenvalue weighted by atomic mass is 28.3. The first-order valence-corrected chi connectivity index (χ1v) is 10.8. The van der Waals surface area contributed by atoms with E-state index in [9.17, 15) is 4.79 Å². The van der Waals surface area contributed by atoms with Crippen molar-refractivity contribution in [3.8, 4) is 0 Å². The number of carbonyl (C=O) groups is 1. The van der Waals surface area contributed by atoms with Crippen LogP contribution in [0.25, 0.3) is 0 Å². The van der Waals surface area contributed by atoms with E-state index in [4.69, 9.17) is 5.11 Å². The Kier molecular flexibility index (Phi) is 6.33. The number of aliphatic carboxylic acids is 1. The second kappa shape index (κ2) is 8.01. The van der Waals surface area contributed by atoms with Crippen LogP contribution in [0.1, 0.15) is 57.8 Å². The standard InChI is InChI=1S/C17H30O2Si/c1-2-3-4-5-14-6-8-16(9-7-14)20-12-10-15(11-13-20)17(18)19/h2,14-16,20H,1,3-13H2,(H,18,19). The Morgan fingerprint density at radius 3 is 2.35 bits per heavy atom. The monoisotopic (exact) mass is 294 g/mol. The Bertz CT molecular complexity index is 313. The fourth-order valence-electron chi connectivity index (χ4n) is 4.34. The van der Waals surface area contributed by atoms with Gasteiger partial charge in [0.25, 0.3) is 0 Å². The van der Waals surface area contributed by atoms with Crippen LogP contribution in [-0.4, -0.2) is 19.9 Å². The minimum absolute atomic E-state index is 0.0195. The molecule has 0 atom stereocenters. The van der Waals surface area contributed by atoms with Crippen LogP contribution in [0.15, 0.2) is 12.7 Å². The third-order valence-electron chi connectivity index (χ3n) is 5.70. The zero-order chi connectivity index (χ0) is 14.4. The maximum absolute atomic E-state index is 11.0. The highest BCUT2D eigenvalue weighted by molar-refractivity contribution is 6.60. The van der Waals surface area contributed by atoms with Crippen molar-refractivity contribution in [3.05, 3.63) is 12.7 Å². The lowest BCUT2D eigenvalue weighted by Crippen LogP contribution is -2.31. The molecule has 0 unspecified atom stereocenters. The van der Waals surface area contributed by atoms with Gasteiger partial charge in [0.05, 0.1) is 5.92 Å². The Morgan fingerprint density at radius 1 is 1.15 bits per heavy atom. The number of allylic oxidation sites excluding steroid dienone is 1. The molecule has 3 heteroatoms. The topological polar surface area (TPSA) is 37.3 Å². The van der Waals surface area contributed by atoms with Crippen molar-refractivity contribution in [2.75, 3.05) is 0 Å². The summed E-state index contributed by atoms with van der Waals surface area (Å²) in [4.78, 5) is 11.0. The number of hydrogen-bond acceptors (Lipinski definition) is 1. The second-order valence-corrected chi connectivity index (χ2v) is 10.6. The van der Waals surface area contributed by atoms with Gasteiger partial charge in [0.15, 0.2) is 0 Å². The van der Waals surface area contributed by atoms with Crippen LogP contribution in [0.5, 0.6) is 0 Å². The predicted molar refractivity (Wildman–Crippen MR) is 86.9 cm³/mol. The average Bonchev–Trinajstić information content (AvgIpc) is 2.48. The molecule has 2 aliphatic rings. The van der Waals surface area contributed by atoms with Crippen LogP contribution >= 0.6 is 0 Å². The van der Waals surface area contributed by atoms with E-state index < -0.39 is 14.8 Å². The fourth-order valence-corrected chi connectivity index (χ4v) is 8.56. The van der Waals surface area contributed by atoms with E-state index in [0.717, 1.165) is 24.3 Å². The zero-order valence-corrected chi connectivity index (χ0v) is 13.9. The highest BCUT2D eigenvalue weighted by Gasteiger charge is 2.33. The second-order valence-electron chi connectivity index (χ2n) is 6.95. The summed E-state index contributed by atoms with van der Waals surface area (Å²) in [5.74, 6) is 0.396. The summed E-state index contributed by atoms with van der Waals surface area (Å²) in [6.45, 7) is 3.80. The predicted octanol–water partition coefficient (Wildman–Crippen LogP) is 4.62. The summed E-state index contributed by atoms with van der Waals surface area (Å²) in [5, 5.41) is 9.08. The average molecular weight is 295 g/mol. The lowest BCUT2D eigenvalue weighted by molar-refractivity contribution is -0.142. The van der Waals surface area contributed by atoms with Crippen molar-refractivity contribution in [1.29, 1.82) is 0 Å². The molecule has 2 fully saturated rings. The first-order valence-electron chi connectivity index (χ1n) is 8.54. The fraction of sp³-hybridized carbons (Fsp3) is 0.824. The Hall–Kier alpha value is -0.573. The molecular weight excluding hydrogens is 264 g/mol. The summed E-state index contributed by atoms with van der Waals surface area (Å²) in [7, 11) is -0.627. The summed E-state index contributed by atoms with van der Waals surface area (Å²) >= 11 is 0. The van der Waals surface area contributed by atoms with Crippen LogP contribution in [-0.2, 0) is 4.79 Å². The SMILES string of the molecule is C=CCCCC1CCC([SiH]2CCC(C(=O)O)CC2)CC1. The first kappa shape index (κ1) is 15.8. The largest absolute Gasteiger partial charge is 0.481 e. The molecule has 0 bridgehead atoms. The lowest BCUT2D eigenvalue weighted by atomic mass is 9.85. The van der Waals surface area contributed by atoms with Gasteiger partial charge < -0.3 is 5.11 Å². The molecule has 20 heavy (non-hydrogen) atoms. The molecular formula is C17H30O2Si. The molecule has 0 aromatic carbocycles. The van der Waals surface area contributed by atoms with Gasteiger partial charge in [-0.15, -0.1) is 6.58 Å². The summed E-state index contributed by atoms with van der Waals surface area (Å²) in [5.41, 5.74) is 1.03. The first-order chi connectivity index (χ1) is 9.70. The zero-order valence-electron chi connectivity index (χ0n) is 12.7. The minimum atomic E-state index is -0.627. The number of carboxylic acid groups (broad SMARTS) is 1. The van der Waals surface area contributed by atoms with E-state index in [1.807, 2.05) is 6.08 Å². The maximum atomic E-state index is 11.0. The summed E-state index contributed by atoms with van der Waals surface area (Å²) in [6, 6.07) is 2.59. The lowest BCUT2D eigenvalue weighted by Gasteiger charge is -2.36. The van der Waals surface area contributed by atoms with Gasteiger partial charge in [-0.2, -0.15) is 0 Å². The molecule has 0 aromatic heterocycles.